The quantitative estimate of drug-likeness (QED) is 0.868. The van der Waals surface area contributed by atoms with Gasteiger partial charge in [-0.3, -0.25) is 4.79 Å². The fraction of sp³-hybridized carbons (Fsp3) is 0.353. The Morgan fingerprint density at radius 3 is 2.57 bits per heavy atom. The lowest BCUT2D eigenvalue weighted by molar-refractivity contribution is -0.135. The Kier molecular flexibility index (Phi) is 4.68. The van der Waals surface area contributed by atoms with Crippen LogP contribution in [0, 0.1) is 0 Å². The summed E-state index contributed by atoms with van der Waals surface area (Å²) < 4.78 is 5.32. The average Bonchev–Trinajstić information content (AvgIpc) is 3.08. The van der Waals surface area contributed by atoms with Crippen LogP contribution in [-0.2, 0) is 9.53 Å². The standard InChI is InChI=1S/C17H19NO2S/c19-17(18-8-10-20-11-9-18)13-15(16-7-4-12-21-16)14-5-2-1-3-6-14/h1-7,12,15H,8-11,13H2/t15-/m0/s1. The summed E-state index contributed by atoms with van der Waals surface area (Å²) in [5.41, 5.74) is 1.21. The normalized spacial score (nSPS) is 16.7. The maximum atomic E-state index is 12.6. The molecule has 1 atom stereocenters. The van der Waals surface area contributed by atoms with Crippen LogP contribution >= 0.6 is 11.3 Å². The topological polar surface area (TPSA) is 29.5 Å². The van der Waals surface area contributed by atoms with E-state index in [0.29, 0.717) is 32.7 Å². The van der Waals surface area contributed by atoms with E-state index >= 15 is 0 Å². The summed E-state index contributed by atoms with van der Waals surface area (Å²) in [6.07, 6.45) is 0.532. The van der Waals surface area contributed by atoms with E-state index in [0.717, 1.165) is 0 Å². The largest absolute Gasteiger partial charge is 0.378 e. The second-order valence-corrected chi connectivity index (χ2v) is 6.16. The van der Waals surface area contributed by atoms with Gasteiger partial charge in [-0.05, 0) is 17.0 Å². The Labute approximate surface area is 129 Å². The molecule has 1 aromatic carbocycles. The van der Waals surface area contributed by atoms with E-state index in [1.54, 1.807) is 11.3 Å². The van der Waals surface area contributed by atoms with E-state index in [1.165, 1.54) is 10.4 Å². The maximum Gasteiger partial charge on any atom is 0.223 e. The molecule has 1 aliphatic heterocycles. The minimum absolute atomic E-state index is 0.154. The fourth-order valence-electron chi connectivity index (χ4n) is 2.67. The summed E-state index contributed by atoms with van der Waals surface area (Å²) in [4.78, 5) is 15.7. The minimum atomic E-state index is 0.154. The Morgan fingerprint density at radius 1 is 1.14 bits per heavy atom. The predicted octanol–water partition coefficient (Wildman–Crippen LogP) is 3.13. The summed E-state index contributed by atoms with van der Waals surface area (Å²) in [5, 5.41) is 2.07. The van der Waals surface area contributed by atoms with Crippen LogP contribution in [0.2, 0.25) is 0 Å². The molecule has 1 amide bonds. The number of hydrogen-bond acceptors (Lipinski definition) is 3. The number of hydrogen-bond donors (Lipinski definition) is 0. The van der Waals surface area contributed by atoms with E-state index in [9.17, 15) is 4.79 Å². The molecule has 1 saturated heterocycles. The average molecular weight is 301 g/mol. The molecule has 4 heteroatoms. The fourth-order valence-corrected chi connectivity index (χ4v) is 3.53. The SMILES string of the molecule is O=C(C[C@@H](c1ccccc1)c1cccs1)N1CCOCC1. The second-order valence-electron chi connectivity index (χ2n) is 5.18. The first-order valence-corrected chi connectivity index (χ1v) is 8.16. The molecule has 2 heterocycles. The molecule has 0 radical (unpaired) electrons. The zero-order valence-electron chi connectivity index (χ0n) is 11.9. The summed E-state index contributed by atoms with van der Waals surface area (Å²) in [6.45, 7) is 2.73. The van der Waals surface area contributed by atoms with Crippen molar-refractivity contribution in [2.24, 2.45) is 0 Å². The van der Waals surface area contributed by atoms with Crippen molar-refractivity contribution in [3.8, 4) is 0 Å². The third kappa shape index (κ3) is 3.52. The molecule has 0 bridgehead atoms. The number of nitrogens with zero attached hydrogens (tertiary/aromatic N) is 1. The van der Waals surface area contributed by atoms with Gasteiger partial charge in [-0.1, -0.05) is 36.4 Å². The van der Waals surface area contributed by atoms with Crippen molar-refractivity contribution in [3.63, 3.8) is 0 Å². The van der Waals surface area contributed by atoms with Crippen molar-refractivity contribution in [2.75, 3.05) is 26.3 Å². The molecule has 0 unspecified atom stereocenters. The van der Waals surface area contributed by atoms with E-state index in [-0.39, 0.29) is 11.8 Å². The van der Waals surface area contributed by atoms with Gasteiger partial charge in [0.15, 0.2) is 0 Å². The van der Waals surface area contributed by atoms with Crippen molar-refractivity contribution < 1.29 is 9.53 Å². The highest BCUT2D eigenvalue weighted by molar-refractivity contribution is 7.10. The van der Waals surface area contributed by atoms with Crippen molar-refractivity contribution >= 4 is 17.2 Å². The molecule has 3 rings (SSSR count). The number of thiophene rings is 1. The Hall–Kier alpha value is -1.65. The predicted molar refractivity (Wildman–Crippen MR) is 84.6 cm³/mol. The molecule has 110 valence electrons. The third-order valence-corrected chi connectivity index (χ3v) is 4.82. The van der Waals surface area contributed by atoms with Crippen molar-refractivity contribution in [2.45, 2.75) is 12.3 Å². The lowest BCUT2D eigenvalue weighted by atomic mass is 9.93. The summed E-state index contributed by atoms with van der Waals surface area (Å²) >= 11 is 1.72. The molecule has 21 heavy (non-hydrogen) atoms. The molecule has 2 aromatic rings. The zero-order chi connectivity index (χ0) is 14.5. The van der Waals surface area contributed by atoms with Gasteiger partial charge in [0.25, 0.3) is 0 Å². The van der Waals surface area contributed by atoms with Crippen LogP contribution in [0.25, 0.3) is 0 Å². The molecule has 1 fully saturated rings. The summed E-state index contributed by atoms with van der Waals surface area (Å²) in [7, 11) is 0. The van der Waals surface area contributed by atoms with E-state index in [2.05, 4.69) is 29.6 Å². The number of benzene rings is 1. The lowest BCUT2D eigenvalue weighted by Crippen LogP contribution is -2.41. The van der Waals surface area contributed by atoms with Gasteiger partial charge in [0, 0.05) is 30.3 Å². The van der Waals surface area contributed by atoms with Crippen molar-refractivity contribution in [1.29, 1.82) is 0 Å². The Bertz CT molecular complexity index is 562. The molecule has 3 nitrogen and oxygen atoms in total. The van der Waals surface area contributed by atoms with Crippen LogP contribution in [0.3, 0.4) is 0 Å². The van der Waals surface area contributed by atoms with Crippen LogP contribution in [-0.4, -0.2) is 37.1 Å². The second kappa shape index (κ2) is 6.87. The first-order chi connectivity index (χ1) is 10.3. The third-order valence-electron chi connectivity index (χ3n) is 3.83. The highest BCUT2D eigenvalue weighted by Crippen LogP contribution is 2.31. The maximum absolute atomic E-state index is 12.6. The molecule has 0 aliphatic carbocycles. The number of carbonyl (C=O) groups is 1. The first-order valence-electron chi connectivity index (χ1n) is 7.28. The summed E-state index contributed by atoms with van der Waals surface area (Å²) in [6, 6.07) is 14.5. The van der Waals surface area contributed by atoms with Crippen molar-refractivity contribution in [3.05, 3.63) is 58.3 Å². The van der Waals surface area contributed by atoms with E-state index in [4.69, 9.17) is 4.74 Å². The van der Waals surface area contributed by atoms with Crippen LogP contribution in [0.15, 0.2) is 47.8 Å². The van der Waals surface area contributed by atoms with Gasteiger partial charge >= 0.3 is 0 Å². The van der Waals surface area contributed by atoms with Gasteiger partial charge in [0.1, 0.15) is 0 Å². The number of ether oxygens (including phenoxy) is 1. The smallest absolute Gasteiger partial charge is 0.223 e. The Morgan fingerprint density at radius 2 is 1.90 bits per heavy atom. The molecule has 1 aromatic heterocycles. The monoisotopic (exact) mass is 301 g/mol. The lowest BCUT2D eigenvalue weighted by Gasteiger charge is -2.28. The van der Waals surface area contributed by atoms with Gasteiger partial charge < -0.3 is 9.64 Å². The molecular weight excluding hydrogens is 282 g/mol. The highest BCUT2D eigenvalue weighted by atomic mass is 32.1. The first kappa shape index (κ1) is 14.3. The van der Waals surface area contributed by atoms with Gasteiger partial charge in [0.2, 0.25) is 5.91 Å². The molecular formula is C17H19NO2S. The molecule has 0 spiro atoms. The van der Waals surface area contributed by atoms with Gasteiger partial charge in [-0.2, -0.15) is 0 Å². The van der Waals surface area contributed by atoms with E-state index < -0.39 is 0 Å². The minimum Gasteiger partial charge on any atom is -0.378 e. The van der Waals surface area contributed by atoms with Crippen molar-refractivity contribution in [1.82, 2.24) is 4.90 Å². The van der Waals surface area contributed by atoms with E-state index in [1.807, 2.05) is 23.1 Å². The van der Waals surface area contributed by atoms with Gasteiger partial charge in [0.05, 0.1) is 13.2 Å². The highest BCUT2D eigenvalue weighted by Gasteiger charge is 2.23. The summed E-state index contributed by atoms with van der Waals surface area (Å²) in [5.74, 6) is 0.377. The van der Waals surface area contributed by atoms with Gasteiger partial charge in [-0.15, -0.1) is 11.3 Å². The number of carbonyl (C=O) groups excluding carboxylic acids is 1. The van der Waals surface area contributed by atoms with Crippen LogP contribution in [0.1, 0.15) is 22.8 Å². The van der Waals surface area contributed by atoms with Crippen LogP contribution < -0.4 is 0 Å². The van der Waals surface area contributed by atoms with Crippen LogP contribution in [0.5, 0.6) is 0 Å². The molecule has 0 saturated carbocycles. The van der Waals surface area contributed by atoms with Gasteiger partial charge in [-0.25, -0.2) is 0 Å². The number of amides is 1. The molecule has 1 aliphatic rings. The Balaban J connectivity index is 1.78. The van der Waals surface area contributed by atoms with Crippen LogP contribution in [0.4, 0.5) is 0 Å². The molecule has 0 N–H and O–H groups in total. The number of rotatable bonds is 4. The number of morpholine rings is 1. The zero-order valence-corrected chi connectivity index (χ0v) is 12.7.